The van der Waals surface area contributed by atoms with E-state index in [2.05, 4.69) is 185 Å². The highest BCUT2D eigenvalue weighted by Gasteiger charge is 2.45. The van der Waals surface area contributed by atoms with E-state index < -0.39 is 0 Å². The topological polar surface area (TPSA) is 226 Å². The molecule has 0 radical (unpaired) electrons. The number of likely N-dealkylation sites (N-methyl/N-ethyl adjacent to an activating group) is 2. The molecule has 18 heterocycles. The van der Waals surface area contributed by atoms with Crippen molar-refractivity contribution in [1.82, 2.24) is 103 Å². The van der Waals surface area contributed by atoms with Crippen LogP contribution in [0.5, 0.6) is 0 Å². The van der Waals surface area contributed by atoms with E-state index >= 15 is 0 Å². The standard InChI is InChI=1S/C27H30FN7.C26H31FN8.C22H28N6.C17H19N5/c1-17-9-23-22(3-6-29-26(23)11-25(17)28)24-13-31-35-16-21(12-30-27(24)35)33-7-4-18(5-8-33)34-15-19-10-20(34)14-32(19)2;1-17-13-21-20(3-6-29-23(21)14-22(17)27)24-25(28)31-35-16-19(15-30-26(24)35)33-7-4-18(5-8-33)34-11-9-32(2)10-12-34;1-17-3-2-4-18(13-17)21-15-25-28-16-20(14-24-22(21)28)27-11-9-26(10-12-27)19-5-7-23-8-6-19;1-13-3-2-4-14(9-13)16-11-20-22-12-15(10-19-17(16)22)21-7-5-18-6-8-21/h3,6,9,11-13,16,18-20H,4-5,7-8,10,14-15H2,1-2H3;3,6,13-16,18H,4-5,7-12H2,1-2H3,(H2,28,31);2-4,13-16,19,23H,5-12H2,1H3;2-4,9-12,18H,5-8H2,1H3/t19-,20-;;;/m0.../s1. The minimum atomic E-state index is -0.269. The molecule has 14 aromatic rings. The van der Waals surface area contributed by atoms with E-state index in [9.17, 15) is 8.78 Å². The number of nitrogens with zero attached hydrogens (tertiary/aromatic N) is 23. The van der Waals surface area contributed by atoms with Gasteiger partial charge in [0.1, 0.15) is 11.6 Å². The summed E-state index contributed by atoms with van der Waals surface area (Å²) in [6.07, 6.45) is 33.9. The van der Waals surface area contributed by atoms with Crippen LogP contribution in [-0.2, 0) is 0 Å². The number of aryl methyl sites for hydroxylation is 4. The van der Waals surface area contributed by atoms with Gasteiger partial charge in [0.05, 0.1) is 108 Å². The summed E-state index contributed by atoms with van der Waals surface area (Å²) < 4.78 is 35.7. The van der Waals surface area contributed by atoms with Gasteiger partial charge in [-0.2, -0.15) is 15.3 Å². The Bertz CT molecular complexity index is 5990. The molecule has 28 heteroatoms. The first-order valence-corrected chi connectivity index (χ1v) is 43.0. The number of likely N-dealkylation sites (tertiary alicyclic amines) is 2. The van der Waals surface area contributed by atoms with E-state index in [4.69, 9.17) is 20.7 Å². The molecule has 8 aliphatic rings. The molecule has 620 valence electrons. The van der Waals surface area contributed by atoms with Crippen LogP contribution < -0.4 is 36.0 Å². The zero-order valence-electron chi connectivity index (χ0n) is 69.7. The van der Waals surface area contributed by atoms with Crippen LogP contribution in [0.3, 0.4) is 0 Å². The van der Waals surface area contributed by atoms with Crippen molar-refractivity contribution in [3.8, 4) is 44.5 Å². The number of halogens is 2. The molecule has 4 N–H and O–H groups in total. The Morgan fingerprint density at radius 3 is 1.36 bits per heavy atom. The van der Waals surface area contributed by atoms with Gasteiger partial charge in [-0.3, -0.25) is 24.7 Å². The number of nitrogens with two attached hydrogens (primary N) is 1. The molecule has 0 aliphatic carbocycles. The number of benzene rings is 4. The number of pyridine rings is 2. The monoisotopic (exact) mass is 1610 g/mol. The normalized spacial score (nSPS) is 19.7. The Morgan fingerprint density at radius 2 is 0.842 bits per heavy atom. The average Bonchev–Trinajstić information content (AvgIpc) is 1.52. The second kappa shape index (κ2) is 34.1. The second-order valence-electron chi connectivity index (χ2n) is 34.1. The van der Waals surface area contributed by atoms with Crippen LogP contribution in [0.15, 0.2) is 165 Å². The first kappa shape index (κ1) is 78.6. The van der Waals surface area contributed by atoms with Crippen molar-refractivity contribution in [2.24, 2.45) is 0 Å². The van der Waals surface area contributed by atoms with Crippen LogP contribution in [0.1, 0.15) is 67.2 Å². The number of anilines is 5. The van der Waals surface area contributed by atoms with Crippen molar-refractivity contribution in [2.75, 3.05) is 170 Å². The number of nitrogen functional groups attached to an aromatic ring is 1. The summed E-state index contributed by atoms with van der Waals surface area (Å²) in [4.78, 5) is 50.4. The molecule has 2 bridgehead atoms. The fourth-order valence-corrected chi connectivity index (χ4v) is 19.6. The molecular weight excluding hydrogens is 1510 g/mol. The molecule has 10 aromatic heterocycles. The van der Waals surface area contributed by atoms with Gasteiger partial charge < -0.3 is 45.8 Å². The lowest BCUT2D eigenvalue weighted by Gasteiger charge is -2.42. The summed E-state index contributed by atoms with van der Waals surface area (Å²) in [7, 11) is 4.47. The van der Waals surface area contributed by atoms with Crippen molar-refractivity contribution >= 4 is 73.0 Å². The minimum absolute atomic E-state index is 0.238. The summed E-state index contributed by atoms with van der Waals surface area (Å²) in [5.74, 6) is -0.106. The van der Waals surface area contributed by atoms with Crippen LogP contribution in [0.25, 0.3) is 88.9 Å². The van der Waals surface area contributed by atoms with E-state index in [1.807, 2.05) is 87.4 Å². The summed E-state index contributed by atoms with van der Waals surface area (Å²) in [5, 5.41) is 26.9. The summed E-state index contributed by atoms with van der Waals surface area (Å²) in [5.41, 5.74) is 27.1. The first-order valence-electron chi connectivity index (χ1n) is 43.0. The first-order chi connectivity index (χ1) is 58.6. The van der Waals surface area contributed by atoms with Gasteiger partial charge in [0.25, 0.3) is 0 Å². The number of fused-ring (bicyclic) bond motifs is 8. The van der Waals surface area contributed by atoms with Crippen molar-refractivity contribution in [3.63, 3.8) is 0 Å². The highest BCUT2D eigenvalue weighted by molar-refractivity contribution is 6.02. The number of hydrogen-bond donors (Lipinski definition) is 3. The molecule has 8 saturated heterocycles. The fourth-order valence-electron chi connectivity index (χ4n) is 19.6. The lowest BCUT2D eigenvalue weighted by molar-refractivity contribution is 0.0929. The predicted molar refractivity (Wildman–Crippen MR) is 473 cm³/mol. The lowest BCUT2D eigenvalue weighted by atomic mass is 10.0. The third kappa shape index (κ3) is 16.2. The maximum absolute atomic E-state index is 14.1. The predicted octanol–water partition coefficient (Wildman–Crippen LogP) is 11.6. The second-order valence-corrected chi connectivity index (χ2v) is 34.1. The Labute approximate surface area is 698 Å². The maximum Gasteiger partial charge on any atom is 0.165 e. The largest absolute Gasteiger partial charge is 0.382 e. The van der Waals surface area contributed by atoms with Crippen molar-refractivity contribution < 1.29 is 8.78 Å². The molecular formula is C92H108F2N26. The van der Waals surface area contributed by atoms with Gasteiger partial charge in [0.2, 0.25) is 0 Å². The van der Waals surface area contributed by atoms with Crippen molar-refractivity contribution in [2.45, 2.75) is 103 Å². The third-order valence-corrected chi connectivity index (χ3v) is 26.5. The van der Waals surface area contributed by atoms with Gasteiger partial charge in [-0.1, -0.05) is 59.7 Å². The van der Waals surface area contributed by atoms with Crippen molar-refractivity contribution in [1.29, 1.82) is 0 Å². The Morgan fingerprint density at radius 1 is 0.392 bits per heavy atom. The summed E-state index contributed by atoms with van der Waals surface area (Å²) >= 11 is 0. The molecule has 2 atom stereocenters. The molecule has 120 heavy (non-hydrogen) atoms. The van der Waals surface area contributed by atoms with Crippen LogP contribution in [0, 0.1) is 39.3 Å². The Hall–Kier alpha value is -11.2. The molecule has 0 unspecified atom stereocenters. The van der Waals surface area contributed by atoms with Gasteiger partial charge >= 0.3 is 0 Å². The zero-order chi connectivity index (χ0) is 81.6. The summed E-state index contributed by atoms with van der Waals surface area (Å²) in [6.45, 7) is 29.8. The molecule has 8 aliphatic heterocycles. The van der Waals surface area contributed by atoms with Crippen molar-refractivity contribution in [3.05, 3.63) is 199 Å². The molecule has 0 amide bonds. The van der Waals surface area contributed by atoms with E-state index in [0.29, 0.717) is 45.7 Å². The minimum Gasteiger partial charge on any atom is -0.382 e. The van der Waals surface area contributed by atoms with Gasteiger partial charge in [-0.15, -0.1) is 5.10 Å². The molecule has 26 nitrogen and oxygen atoms in total. The number of aromatic nitrogens is 14. The summed E-state index contributed by atoms with van der Waals surface area (Å²) in [6, 6.07) is 31.1. The Balaban J connectivity index is 0.000000107. The van der Waals surface area contributed by atoms with Crippen LogP contribution in [-0.4, -0.2) is 268 Å². The quantitative estimate of drug-likeness (QED) is 0.109. The van der Waals surface area contributed by atoms with E-state index in [-0.39, 0.29) is 11.6 Å². The molecule has 0 saturated carbocycles. The van der Waals surface area contributed by atoms with Gasteiger partial charge in [0.15, 0.2) is 28.4 Å². The van der Waals surface area contributed by atoms with E-state index in [1.165, 1.54) is 87.1 Å². The zero-order valence-corrected chi connectivity index (χ0v) is 69.7. The lowest BCUT2D eigenvalue weighted by Crippen LogP contribution is -2.52. The van der Waals surface area contributed by atoms with E-state index in [1.54, 1.807) is 30.8 Å². The van der Waals surface area contributed by atoms with Gasteiger partial charge in [0, 0.05) is 206 Å². The van der Waals surface area contributed by atoms with Crippen LogP contribution >= 0.6 is 0 Å². The number of nitrogens with one attached hydrogen (secondary N) is 2. The van der Waals surface area contributed by atoms with Gasteiger partial charge in [-0.05, 0) is 152 Å². The number of piperidine rings is 3. The molecule has 0 spiro atoms. The number of rotatable bonds is 11. The third-order valence-electron chi connectivity index (χ3n) is 26.5. The fraction of sp³-hybridized carbons (Fsp3) is 0.413. The highest BCUT2D eigenvalue weighted by atomic mass is 19.1. The van der Waals surface area contributed by atoms with Crippen LogP contribution in [0.2, 0.25) is 0 Å². The molecule has 4 aromatic carbocycles. The molecule has 22 rings (SSSR count). The number of piperazine rings is 4. The SMILES string of the molecule is Cc1cc2c(-c3c(N)nn4cc(N5CCC(N6CCN(C)CC6)CC5)cnc34)ccnc2cc1F.Cc1cc2c(-c3cnn4cc(N5CCC(N6C[C@@H]7C[C@H]6CN7C)CC5)cnc34)ccnc2cc1F.Cc1cccc(-c2cnn3cc(N4CCN(C5CCNCC5)CC4)cnc23)c1.Cc1cccc(-c2cnn3cc(N4CCNCC4)cnc23)c1. The Kier molecular flexibility index (Phi) is 22.3. The van der Waals surface area contributed by atoms with Gasteiger partial charge in [-0.25, -0.2) is 46.8 Å². The average molecular weight is 1620 g/mol. The highest BCUT2D eigenvalue weighted by Crippen LogP contribution is 2.40. The van der Waals surface area contributed by atoms with E-state index in [0.717, 1.165) is 225 Å². The van der Waals surface area contributed by atoms with Crippen LogP contribution in [0.4, 0.5) is 37.3 Å². The smallest absolute Gasteiger partial charge is 0.165 e. The molecule has 8 fully saturated rings. The number of hydrogen-bond acceptors (Lipinski definition) is 22. The maximum atomic E-state index is 14.1.